The number of nitrogens with zero attached hydrogens (tertiary/aromatic N) is 1. The summed E-state index contributed by atoms with van der Waals surface area (Å²) < 4.78 is 16.7. The van der Waals surface area contributed by atoms with Gasteiger partial charge in [0.25, 0.3) is 11.8 Å². The molecule has 1 aromatic heterocycles. The molecule has 0 saturated carbocycles. The predicted molar refractivity (Wildman–Crippen MR) is 140 cm³/mol. The average molecular weight is 508 g/mol. The minimum Gasteiger partial charge on any atom is -0.497 e. The zero-order valence-electron chi connectivity index (χ0n) is 21.5. The number of rotatable bonds is 8. The molecule has 5 N–H and O–H groups in total. The molecule has 1 aliphatic rings. The van der Waals surface area contributed by atoms with Gasteiger partial charge >= 0.3 is 0 Å². The van der Waals surface area contributed by atoms with Gasteiger partial charge in [-0.15, -0.1) is 0 Å². The summed E-state index contributed by atoms with van der Waals surface area (Å²) in [5.74, 6) is 0.128. The molecule has 2 unspecified atom stereocenters. The first-order valence-corrected chi connectivity index (χ1v) is 12.2. The van der Waals surface area contributed by atoms with Crippen LogP contribution in [0.4, 0.5) is 11.4 Å². The van der Waals surface area contributed by atoms with Crippen molar-refractivity contribution in [2.24, 2.45) is 0 Å². The van der Waals surface area contributed by atoms with Crippen molar-refractivity contribution < 1.29 is 23.8 Å². The standard InChI is InChI=1S/C27H33N5O5/c1-15-11-20(28)21(12-16(15)2)30-27(34)25-19(14-29-32-25)24(22-7-5-6-10-37-22)31-26(33)18-9-8-17(35-3)13-23(18)36-4/h8-9,11-14,22,24H,5-7,10,28H2,1-4H3,(H,29,32)(H,30,34)(H,31,33). The van der Waals surface area contributed by atoms with E-state index in [2.05, 4.69) is 20.8 Å². The molecule has 196 valence electrons. The number of amides is 2. The van der Waals surface area contributed by atoms with E-state index in [1.807, 2.05) is 26.0 Å². The number of carbonyl (C=O) groups is 2. The molecule has 2 amide bonds. The largest absolute Gasteiger partial charge is 0.497 e. The Morgan fingerprint density at radius 3 is 2.59 bits per heavy atom. The molecule has 2 aromatic carbocycles. The summed E-state index contributed by atoms with van der Waals surface area (Å²) >= 11 is 0. The number of anilines is 2. The molecule has 3 aromatic rings. The molecular weight excluding hydrogens is 474 g/mol. The fraction of sp³-hybridized carbons (Fsp3) is 0.370. The lowest BCUT2D eigenvalue weighted by atomic mass is 9.95. The van der Waals surface area contributed by atoms with Gasteiger partial charge in [0.05, 0.1) is 43.3 Å². The maximum Gasteiger partial charge on any atom is 0.276 e. The van der Waals surface area contributed by atoms with Crippen LogP contribution in [-0.2, 0) is 4.74 Å². The molecule has 1 fully saturated rings. The van der Waals surface area contributed by atoms with Crippen LogP contribution in [0.1, 0.15) is 62.8 Å². The summed E-state index contributed by atoms with van der Waals surface area (Å²) in [5.41, 5.74) is 10.1. The highest BCUT2D eigenvalue weighted by atomic mass is 16.5. The van der Waals surface area contributed by atoms with Gasteiger partial charge < -0.3 is 30.6 Å². The van der Waals surface area contributed by atoms with Gasteiger partial charge in [-0.25, -0.2) is 0 Å². The Hall–Kier alpha value is -4.05. The summed E-state index contributed by atoms with van der Waals surface area (Å²) in [5, 5.41) is 12.9. The second kappa shape index (κ2) is 11.3. The third-order valence-electron chi connectivity index (χ3n) is 6.66. The van der Waals surface area contributed by atoms with Crippen LogP contribution in [-0.4, -0.2) is 48.9 Å². The zero-order valence-corrected chi connectivity index (χ0v) is 21.5. The number of nitrogen functional groups attached to an aromatic ring is 1. The predicted octanol–water partition coefficient (Wildman–Crippen LogP) is 3.92. The van der Waals surface area contributed by atoms with Crippen molar-refractivity contribution in [1.82, 2.24) is 15.5 Å². The Bertz CT molecular complexity index is 1280. The summed E-state index contributed by atoms with van der Waals surface area (Å²) in [4.78, 5) is 26.7. The number of nitrogens with two attached hydrogens (primary N) is 1. The van der Waals surface area contributed by atoms with Crippen LogP contribution in [0.3, 0.4) is 0 Å². The maximum atomic E-state index is 13.4. The minimum atomic E-state index is -0.629. The SMILES string of the molecule is COc1ccc(C(=O)NC(c2c[nH]nc2C(=O)Nc2cc(C)c(C)cc2N)C2CCCCO2)c(OC)c1. The molecule has 1 aliphatic heterocycles. The molecule has 2 heterocycles. The highest BCUT2D eigenvalue weighted by molar-refractivity contribution is 6.06. The fourth-order valence-corrected chi connectivity index (χ4v) is 4.45. The maximum absolute atomic E-state index is 13.4. The van der Waals surface area contributed by atoms with E-state index in [4.69, 9.17) is 19.9 Å². The first kappa shape index (κ1) is 26.0. The fourth-order valence-electron chi connectivity index (χ4n) is 4.45. The van der Waals surface area contributed by atoms with Crippen molar-refractivity contribution in [1.29, 1.82) is 0 Å². The number of aryl methyl sites for hydroxylation is 2. The Labute approximate surface area is 215 Å². The van der Waals surface area contributed by atoms with Crippen LogP contribution < -0.4 is 25.8 Å². The third kappa shape index (κ3) is 5.69. The Kier molecular flexibility index (Phi) is 7.98. The topological polar surface area (TPSA) is 141 Å². The van der Waals surface area contributed by atoms with Gasteiger partial charge in [-0.2, -0.15) is 5.10 Å². The molecule has 37 heavy (non-hydrogen) atoms. The van der Waals surface area contributed by atoms with Crippen LogP contribution in [0, 0.1) is 13.8 Å². The first-order valence-electron chi connectivity index (χ1n) is 12.2. The van der Waals surface area contributed by atoms with Crippen LogP contribution in [0.15, 0.2) is 36.5 Å². The van der Waals surface area contributed by atoms with Crippen LogP contribution in [0.5, 0.6) is 11.5 Å². The number of benzene rings is 2. The second-order valence-corrected chi connectivity index (χ2v) is 9.09. The summed E-state index contributed by atoms with van der Waals surface area (Å²) in [7, 11) is 3.03. The van der Waals surface area contributed by atoms with E-state index < -0.39 is 11.9 Å². The van der Waals surface area contributed by atoms with E-state index in [9.17, 15) is 9.59 Å². The van der Waals surface area contributed by atoms with Gasteiger partial charge in [0.15, 0.2) is 5.69 Å². The molecular formula is C27H33N5O5. The quantitative estimate of drug-likeness (QED) is 0.339. The molecule has 0 radical (unpaired) electrons. The smallest absolute Gasteiger partial charge is 0.276 e. The van der Waals surface area contributed by atoms with Gasteiger partial charge in [0.2, 0.25) is 0 Å². The van der Waals surface area contributed by atoms with Crippen molar-refractivity contribution in [2.45, 2.75) is 45.3 Å². The molecule has 2 atom stereocenters. The molecule has 0 spiro atoms. The number of methoxy groups -OCH3 is 2. The lowest BCUT2D eigenvalue weighted by molar-refractivity contribution is -0.00757. The summed E-state index contributed by atoms with van der Waals surface area (Å²) in [6, 6.07) is 7.99. The highest BCUT2D eigenvalue weighted by Crippen LogP contribution is 2.31. The summed E-state index contributed by atoms with van der Waals surface area (Å²) in [6.07, 6.45) is 3.89. The van der Waals surface area contributed by atoms with E-state index in [0.717, 1.165) is 30.4 Å². The number of nitrogens with one attached hydrogen (secondary N) is 3. The van der Waals surface area contributed by atoms with Crippen LogP contribution in [0.2, 0.25) is 0 Å². The number of aromatic amines is 1. The molecule has 10 heteroatoms. The second-order valence-electron chi connectivity index (χ2n) is 9.09. The van der Waals surface area contributed by atoms with Crippen molar-refractivity contribution in [3.63, 3.8) is 0 Å². The highest BCUT2D eigenvalue weighted by Gasteiger charge is 2.33. The Morgan fingerprint density at radius 2 is 1.89 bits per heavy atom. The number of aromatic nitrogens is 2. The lowest BCUT2D eigenvalue weighted by Gasteiger charge is -2.31. The Morgan fingerprint density at radius 1 is 1.11 bits per heavy atom. The van der Waals surface area contributed by atoms with Crippen molar-refractivity contribution in [2.75, 3.05) is 31.9 Å². The molecule has 4 rings (SSSR count). The average Bonchev–Trinajstić information content (AvgIpc) is 3.40. The third-order valence-corrected chi connectivity index (χ3v) is 6.66. The first-order chi connectivity index (χ1) is 17.8. The van der Waals surface area contributed by atoms with Crippen molar-refractivity contribution in [3.05, 3.63) is 64.5 Å². The van der Waals surface area contributed by atoms with E-state index in [0.29, 0.717) is 40.6 Å². The van der Waals surface area contributed by atoms with Crippen molar-refractivity contribution >= 4 is 23.2 Å². The number of H-pyrrole nitrogens is 1. The normalized spacial score (nSPS) is 16.1. The molecule has 0 aliphatic carbocycles. The monoisotopic (exact) mass is 507 g/mol. The van der Waals surface area contributed by atoms with Gasteiger partial charge in [-0.1, -0.05) is 0 Å². The lowest BCUT2D eigenvalue weighted by Crippen LogP contribution is -2.40. The number of hydrogen-bond acceptors (Lipinski definition) is 7. The molecule has 0 bridgehead atoms. The zero-order chi connectivity index (χ0) is 26.5. The van der Waals surface area contributed by atoms with Gasteiger partial charge in [0, 0.05) is 24.4 Å². The van der Waals surface area contributed by atoms with Crippen molar-refractivity contribution in [3.8, 4) is 11.5 Å². The molecule has 10 nitrogen and oxygen atoms in total. The van der Waals surface area contributed by atoms with E-state index in [1.54, 1.807) is 31.5 Å². The number of hydrogen-bond donors (Lipinski definition) is 4. The van der Waals surface area contributed by atoms with E-state index >= 15 is 0 Å². The van der Waals surface area contributed by atoms with E-state index in [1.165, 1.54) is 7.11 Å². The number of carbonyl (C=O) groups excluding carboxylic acids is 2. The molecule has 1 saturated heterocycles. The Balaban J connectivity index is 1.64. The van der Waals surface area contributed by atoms with Crippen LogP contribution in [0.25, 0.3) is 0 Å². The van der Waals surface area contributed by atoms with Gasteiger partial charge in [-0.05, 0) is 68.5 Å². The van der Waals surface area contributed by atoms with Crippen LogP contribution >= 0.6 is 0 Å². The number of ether oxygens (including phenoxy) is 3. The van der Waals surface area contributed by atoms with Gasteiger partial charge in [-0.3, -0.25) is 14.7 Å². The minimum absolute atomic E-state index is 0.152. The summed E-state index contributed by atoms with van der Waals surface area (Å²) in [6.45, 7) is 4.48. The van der Waals surface area contributed by atoms with E-state index in [-0.39, 0.29) is 17.7 Å². The van der Waals surface area contributed by atoms with Gasteiger partial charge in [0.1, 0.15) is 11.5 Å².